The average Bonchev–Trinajstić information content (AvgIpc) is 2.79. The van der Waals surface area contributed by atoms with Crippen molar-refractivity contribution in [3.8, 4) is 5.75 Å². The molecular weight excluding hydrogens is 234 g/mol. The van der Waals surface area contributed by atoms with Crippen LogP contribution < -0.4 is 16.0 Å². The molecule has 0 unspecified atom stereocenters. The van der Waals surface area contributed by atoms with E-state index in [2.05, 4.69) is 5.10 Å². The third-order valence-corrected chi connectivity index (χ3v) is 2.56. The zero-order valence-corrected chi connectivity index (χ0v) is 9.84. The van der Waals surface area contributed by atoms with Crippen LogP contribution in [0.2, 0.25) is 0 Å². The second-order valence-corrected chi connectivity index (χ2v) is 3.68. The largest absolute Gasteiger partial charge is 0.497 e. The molecule has 0 aliphatic carbocycles. The van der Waals surface area contributed by atoms with Crippen molar-refractivity contribution < 1.29 is 9.53 Å². The average molecular weight is 247 g/mol. The molecule has 0 aliphatic rings. The number of H-pyrrole nitrogens is 1. The van der Waals surface area contributed by atoms with Gasteiger partial charge in [-0.2, -0.15) is 0 Å². The molecule has 0 aliphatic heterocycles. The summed E-state index contributed by atoms with van der Waals surface area (Å²) in [7, 11) is 1.55. The van der Waals surface area contributed by atoms with Crippen LogP contribution in [0.15, 0.2) is 35.1 Å². The van der Waals surface area contributed by atoms with Crippen LogP contribution in [0.25, 0.3) is 0 Å². The Bertz CT molecular complexity index is 610. The van der Waals surface area contributed by atoms with Crippen molar-refractivity contribution in [2.24, 2.45) is 5.73 Å². The van der Waals surface area contributed by atoms with E-state index in [-0.39, 0.29) is 18.0 Å². The molecule has 0 bridgehead atoms. The molecule has 1 aromatic heterocycles. The first-order valence-electron chi connectivity index (χ1n) is 5.35. The minimum atomic E-state index is -0.350. The van der Waals surface area contributed by atoms with E-state index in [0.717, 1.165) is 4.68 Å². The predicted octanol–water partition coefficient (Wildman–Crippen LogP) is 0.332. The first kappa shape index (κ1) is 12.1. The zero-order valence-electron chi connectivity index (χ0n) is 9.84. The number of carbonyl (C=O) groups is 1. The number of methoxy groups -OCH3 is 1. The molecule has 2 rings (SSSR count). The highest BCUT2D eigenvalue weighted by atomic mass is 16.5. The number of nitrogens with zero attached hydrogens (tertiary/aromatic N) is 1. The number of hydrogen-bond donors (Lipinski definition) is 2. The van der Waals surface area contributed by atoms with Gasteiger partial charge in [0.2, 0.25) is 0 Å². The van der Waals surface area contributed by atoms with Crippen LogP contribution in [-0.4, -0.2) is 22.8 Å². The maximum atomic E-state index is 12.1. The Hall–Kier alpha value is -2.34. The Kier molecular flexibility index (Phi) is 3.29. The summed E-state index contributed by atoms with van der Waals surface area (Å²) in [4.78, 5) is 23.3. The normalized spacial score (nSPS) is 10.3. The molecule has 1 heterocycles. The summed E-state index contributed by atoms with van der Waals surface area (Å²) in [5.41, 5.74) is 6.01. The minimum absolute atomic E-state index is 0.112. The molecule has 6 heteroatoms. The number of ether oxygens (including phenoxy) is 1. The van der Waals surface area contributed by atoms with Crippen LogP contribution in [0.1, 0.15) is 16.1 Å². The molecule has 0 radical (unpaired) electrons. The van der Waals surface area contributed by atoms with Gasteiger partial charge >= 0.3 is 0 Å². The van der Waals surface area contributed by atoms with E-state index >= 15 is 0 Å². The van der Waals surface area contributed by atoms with Crippen LogP contribution >= 0.6 is 0 Å². The number of aromatic nitrogens is 2. The predicted molar refractivity (Wildman–Crippen MR) is 65.7 cm³/mol. The molecule has 0 fully saturated rings. The lowest BCUT2D eigenvalue weighted by Gasteiger charge is -2.06. The quantitative estimate of drug-likeness (QED) is 0.818. The Morgan fingerprint density at radius 3 is 2.61 bits per heavy atom. The molecule has 94 valence electrons. The van der Waals surface area contributed by atoms with E-state index < -0.39 is 0 Å². The van der Waals surface area contributed by atoms with Crippen LogP contribution in [0.4, 0.5) is 0 Å². The van der Waals surface area contributed by atoms with Crippen LogP contribution in [0.5, 0.6) is 5.75 Å². The Morgan fingerprint density at radius 1 is 1.39 bits per heavy atom. The number of carbonyl (C=O) groups excluding carboxylic acids is 1. The van der Waals surface area contributed by atoms with Crippen LogP contribution in [-0.2, 0) is 6.54 Å². The van der Waals surface area contributed by atoms with E-state index in [9.17, 15) is 9.59 Å². The van der Waals surface area contributed by atoms with Gasteiger partial charge in [-0.3, -0.25) is 14.7 Å². The summed E-state index contributed by atoms with van der Waals surface area (Å²) < 4.78 is 6.16. The molecule has 1 aromatic carbocycles. The SMILES string of the molecule is COc1ccc(C(=O)n2[nH]c(=O)cc2CN)cc1. The first-order valence-corrected chi connectivity index (χ1v) is 5.35. The van der Waals surface area contributed by atoms with E-state index in [4.69, 9.17) is 10.5 Å². The highest BCUT2D eigenvalue weighted by Gasteiger charge is 2.13. The number of nitrogens with one attached hydrogen (secondary N) is 1. The molecule has 0 atom stereocenters. The van der Waals surface area contributed by atoms with Gasteiger partial charge < -0.3 is 10.5 Å². The number of benzene rings is 1. The molecule has 0 saturated heterocycles. The lowest BCUT2D eigenvalue weighted by molar-refractivity contribution is 0.0941. The fraction of sp³-hybridized carbons (Fsp3) is 0.167. The summed E-state index contributed by atoms with van der Waals surface area (Å²) in [6, 6.07) is 7.91. The molecule has 18 heavy (non-hydrogen) atoms. The summed E-state index contributed by atoms with van der Waals surface area (Å²) in [6.45, 7) is 0.112. The van der Waals surface area contributed by atoms with Gasteiger partial charge in [0.15, 0.2) is 0 Å². The van der Waals surface area contributed by atoms with Gasteiger partial charge in [-0.1, -0.05) is 0 Å². The van der Waals surface area contributed by atoms with Gasteiger partial charge in [-0.15, -0.1) is 0 Å². The molecule has 0 saturated carbocycles. The summed E-state index contributed by atoms with van der Waals surface area (Å²) in [5, 5.41) is 2.42. The number of rotatable bonds is 3. The summed E-state index contributed by atoms with van der Waals surface area (Å²) >= 11 is 0. The molecule has 2 aromatic rings. The van der Waals surface area contributed by atoms with Crippen molar-refractivity contribution in [2.75, 3.05) is 7.11 Å². The van der Waals surface area contributed by atoms with Crippen LogP contribution in [0.3, 0.4) is 0 Å². The maximum Gasteiger partial charge on any atom is 0.276 e. The van der Waals surface area contributed by atoms with E-state index in [1.165, 1.54) is 6.07 Å². The third-order valence-electron chi connectivity index (χ3n) is 2.56. The van der Waals surface area contributed by atoms with E-state index in [1.54, 1.807) is 31.4 Å². The molecule has 6 nitrogen and oxygen atoms in total. The Labute approximate surface area is 103 Å². The highest BCUT2D eigenvalue weighted by molar-refractivity contribution is 5.95. The molecule has 0 amide bonds. The number of hydrogen-bond acceptors (Lipinski definition) is 4. The smallest absolute Gasteiger partial charge is 0.276 e. The fourth-order valence-electron chi connectivity index (χ4n) is 1.62. The van der Waals surface area contributed by atoms with Crippen molar-refractivity contribution in [2.45, 2.75) is 6.54 Å². The number of aromatic amines is 1. The number of nitrogens with two attached hydrogens (primary N) is 1. The van der Waals surface area contributed by atoms with Gasteiger partial charge in [0, 0.05) is 18.2 Å². The van der Waals surface area contributed by atoms with Gasteiger partial charge in [0.25, 0.3) is 11.5 Å². The maximum absolute atomic E-state index is 12.1. The Morgan fingerprint density at radius 2 is 2.06 bits per heavy atom. The van der Waals surface area contributed by atoms with Crippen molar-refractivity contribution in [1.29, 1.82) is 0 Å². The lowest BCUT2D eigenvalue weighted by Crippen LogP contribution is -2.19. The minimum Gasteiger partial charge on any atom is -0.497 e. The van der Waals surface area contributed by atoms with Crippen molar-refractivity contribution in [1.82, 2.24) is 9.78 Å². The van der Waals surface area contributed by atoms with Gasteiger partial charge in [-0.25, -0.2) is 4.68 Å². The van der Waals surface area contributed by atoms with E-state index in [1.807, 2.05) is 0 Å². The second-order valence-electron chi connectivity index (χ2n) is 3.68. The first-order chi connectivity index (χ1) is 8.65. The molecule has 0 spiro atoms. The zero-order chi connectivity index (χ0) is 13.1. The summed E-state index contributed by atoms with van der Waals surface area (Å²) in [6.07, 6.45) is 0. The topological polar surface area (TPSA) is 90.1 Å². The van der Waals surface area contributed by atoms with E-state index in [0.29, 0.717) is 17.0 Å². The van der Waals surface area contributed by atoms with Gasteiger partial charge in [-0.05, 0) is 24.3 Å². The fourth-order valence-corrected chi connectivity index (χ4v) is 1.62. The molecular formula is C12H13N3O3. The van der Waals surface area contributed by atoms with Gasteiger partial charge in [0.05, 0.1) is 12.8 Å². The van der Waals surface area contributed by atoms with Crippen molar-refractivity contribution in [3.63, 3.8) is 0 Å². The van der Waals surface area contributed by atoms with Crippen molar-refractivity contribution in [3.05, 3.63) is 51.9 Å². The monoisotopic (exact) mass is 247 g/mol. The lowest BCUT2D eigenvalue weighted by atomic mass is 10.2. The molecule has 3 N–H and O–H groups in total. The summed E-state index contributed by atoms with van der Waals surface area (Å²) in [5.74, 6) is 0.326. The second kappa shape index (κ2) is 4.89. The Balaban J connectivity index is 2.37. The van der Waals surface area contributed by atoms with Crippen LogP contribution in [0, 0.1) is 0 Å². The third kappa shape index (κ3) is 2.18. The highest BCUT2D eigenvalue weighted by Crippen LogP contribution is 2.12. The van der Waals surface area contributed by atoms with Crippen molar-refractivity contribution >= 4 is 5.91 Å². The van der Waals surface area contributed by atoms with Gasteiger partial charge in [0.1, 0.15) is 5.75 Å². The standard InChI is InChI=1S/C12H13N3O3/c1-18-10-4-2-8(3-5-10)12(17)15-9(7-13)6-11(16)14-15/h2-6H,7,13H2,1H3,(H,14,16).